The molecule has 0 amide bonds. The van der Waals surface area contributed by atoms with Crippen molar-refractivity contribution in [2.75, 3.05) is 0 Å². The molecule has 0 aliphatic heterocycles. The van der Waals surface area contributed by atoms with Gasteiger partial charge < -0.3 is 4.57 Å². The fraction of sp³-hybridized carbons (Fsp3) is 0. The largest absolute Gasteiger partial charge is 0.309 e. The summed E-state index contributed by atoms with van der Waals surface area (Å²) in [6.07, 6.45) is 0. The molecule has 8 aromatic rings. The molecule has 198 valence electrons. The molecule has 1 heterocycles. The minimum Gasteiger partial charge on any atom is -0.309 e. The lowest BCUT2D eigenvalue weighted by Crippen LogP contribution is -2.25. The van der Waals surface area contributed by atoms with Gasteiger partial charge >= 0.3 is 0 Å². The van der Waals surface area contributed by atoms with Gasteiger partial charge in [0.15, 0.2) is 7.14 Å². The lowest BCUT2D eigenvalue weighted by Gasteiger charge is -2.21. The predicted molar refractivity (Wildman–Crippen MR) is 179 cm³/mol. The van der Waals surface area contributed by atoms with E-state index in [-0.39, 0.29) is 0 Å². The first kappa shape index (κ1) is 24.7. The average molecular weight is 556 g/mol. The van der Waals surface area contributed by atoms with E-state index in [9.17, 15) is 0 Å². The number of pyridine rings is 1. The SMILES string of the molecule is O=P(c1ccccc1)(c1ccccc1)c1cccc(-c2c3c(ccc4ccccc43)nc3ccc4ccccc4c23)c1. The van der Waals surface area contributed by atoms with E-state index in [1.54, 1.807) is 0 Å². The highest BCUT2D eigenvalue weighted by atomic mass is 31.2. The maximum absolute atomic E-state index is 15.3. The van der Waals surface area contributed by atoms with E-state index >= 15 is 4.57 Å². The zero-order chi connectivity index (χ0) is 28.1. The second-order valence-corrected chi connectivity index (χ2v) is 13.4. The quantitative estimate of drug-likeness (QED) is 0.123. The van der Waals surface area contributed by atoms with Crippen LogP contribution < -0.4 is 15.9 Å². The fourth-order valence-electron chi connectivity index (χ4n) is 6.36. The summed E-state index contributed by atoms with van der Waals surface area (Å²) in [5.41, 5.74) is 4.06. The number of hydrogen-bond donors (Lipinski definition) is 0. The zero-order valence-corrected chi connectivity index (χ0v) is 23.7. The van der Waals surface area contributed by atoms with Crippen LogP contribution in [0.25, 0.3) is 54.5 Å². The van der Waals surface area contributed by atoms with Gasteiger partial charge in [-0.2, -0.15) is 0 Å². The van der Waals surface area contributed by atoms with Crippen LogP contribution in [0.2, 0.25) is 0 Å². The Kier molecular flexibility index (Phi) is 5.77. The van der Waals surface area contributed by atoms with Gasteiger partial charge in [0.25, 0.3) is 0 Å². The van der Waals surface area contributed by atoms with Crippen LogP contribution in [0.3, 0.4) is 0 Å². The van der Waals surface area contributed by atoms with Gasteiger partial charge in [-0.05, 0) is 45.3 Å². The molecule has 0 bridgehead atoms. The number of aromatic nitrogens is 1. The lowest BCUT2D eigenvalue weighted by atomic mass is 9.90. The van der Waals surface area contributed by atoms with E-state index in [0.717, 1.165) is 59.6 Å². The molecule has 0 aliphatic carbocycles. The van der Waals surface area contributed by atoms with E-state index in [1.807, 2.05) is 66.7 Å². The van der Waals surface area contributed by atoms with Crippen LogP contribution in [0, 0.1) is 0 Å². The van der Waals surface area contributed by atoms with Gasteiger partial charge in [0.05, 0.1) is 11.0 Å². The lowest BCUT2D eigenvalue weighted by molar-refractivity contribution is 0.592. The van der Waals surface area contributed by atoms with Crippen molar-refractivity contribution in [2.45, 2.75) is 0 Å². The number of nitrogens with zero attached hydrogens (tertiary/aromatic N) is 1. The first-order chi connectivity index (χ1) is 20.7. The van der Waals surface area contributed by atoms with Crippen molar-refractivity contribution in [3.05, 3.63) is 158 Å². The molecule has 2 nitrogen and oxygen atoms in total. The summed E-state index contributed by atoms with van der Waals surface area (Å²) in [6.45, 7) is 0. The first-order valence-corrected chi connectivity index (χ1v) is 15.9. The minimum atomic E-state index is -3.16. The molecule has 3 heteroatoms. The van der Waals surface area contributed by atoms with Crippen molar-refractivity contribution < 1.29 is 4.57 Å². The molecule has 0 N–H and O–H groups in total. The summed E-state index contributed by atoms with van der Waals surface area (Å²) >= 11 is 0. The highest BCUT2D eigenvalue weighted by Gasteiger charge is 2.30. The van der Waals surface area contributed by atoms with Crippen LogP contribution >= 0.6 is 7.14 Å². The molecule has 8 rings (SSSR count). The van der Waals surface area contributed by atoms with E-state index in [4.69, 9.17) is 4.98 Å². The highest BCUT2D eigenvalue weighted by Crippen LogP contribution is 2.45. The third-order valence-corrected chi connectivity index (χ3v) is 11.3. The maximum Gasteiger partial charge on any atom is 0.171 e. The molecule has 0 saturated heterocycles. The Hall–Kier alpha value is -5.04. The van der Waals surface area contributed by atoms with Gasteiger partial charge in [-0.3, -0.25) is 0 Å². The van der Waals surface area contributed by atoms with Gasteiger partial charge in [0.1, 0.15) is 0 Å². The van der Waals surface area contributed by atoms with Crippen molar-refractivity contribution >= 4 is 66.4 Å². The topological polar surface area (TPSA) is 30.0 Å². The molecule has 0 fully saturated rings. The molecule has 0 atom stereocenters. The van der Waals surface area contributed by atoms with Gasteiger partial charge in [0, 0.05) is 32.2 Å². The highest BCUT2D eigenvalue weighted by molar-refractivity contribution is 7.85. The first-order valence-electron chi connectivity index (χ1n) is 14.2. The second kappa shape index (κ2) is 9.80. The standard InChI is InChI=1S/C39H26NOP/c41-42(30-15-3-1-4-16-30,31-17-5-2-6-18-31)32-19-11-14-29(26-32)37-38-33-20-9-7-12-27(33)22-24-35(38)40-36-25-23-28-13-8-10-21-34(28)39(36)37/h1-26H. The van der Waals surface area contributed by atoms with E-state index in [0.29, 0.717) is 0 Å². The van der Waals surface area contributed by atoms with Gasteiger partial charge in [-0.25, -0.2) is 4.98 Å². The molecular formula is C39H26NOP. The molecule has 7 aromatic carbocycles. The van der Waals surface area contributed by atoms with Crippen molar-refractivity contribution in [3.63, 3.8) is 0 Å². The second-order valence-electron chi connectivity index (χ2n) is 10.7. The Labute approximate surface area is 244 Å². The molecule has 0 saturated carbocycles. The number of rotatable bonds is 4. The van der Waals surface area contributed by atoms with Crippen molar-refractivity contribution in [2.24, 2.45) is 0 Å². The van der Waals surface area contributed by atoms with Gasteiger partial charge in [0.2, 0.25) is 0 Å². The normalized spacial score (nSPS) is 11.9. The third-order valence-electron chi connectivity index (χ3n) is 8.29. The molecule has 0 radical (unpaired) electrons. The molecule has 0 aliphatic rings. The minimum absolute atomic E-state index is 0.816. The monoisotopic (exact) mass is 555 g/mol. The maximum atomic E-state index is 15.3. The van der Waals surface area contributed by atoms with Crippen LogP contribution in [0.5, 0.6) is 0 Å². The van der Waals surface area contributed by atoms with Crippen molar-refractivity contribution in [3.8, 4) is 11.1 Å². The Morgan fingerprint density at radius 3 is 1.45 bits per heavy atom. The van der Waals surface area contributed by atoms with Crippen LogP contribution in [-0.4, -0.2) is 4.98 Å². The summed E-state index contributed by atoms with van der Waals surface area (Å²) in [4.78, 5) is 5.18. The van der Waals surface area contributed by atoms with E-state index in [2.05, 4.69) is 91.0 Å². The Balaban J connectivity index is 1.52. The summed E-state index contributed by atoms with van der Waals surface area (Å²) in [5, 5.41) is 9.36. The molecule has 0 spiro atoms. The Morgan fingerprint density at radius 1 is 0.429 bits per heavy atom. The van der Waals surface area contributed by atoms with Crippen LogP contribution in [0.4, 0.5) is 0 Å². The van der Waals surface area contributed by atoms with E-state index < -0.39 is 7.14 Å². The van der Waals surface area contributed by atoms with E-state index in [1.165, 1.54) is 10.8 Å². The zero-order valence-electron chi connectivity index (χ0n) is 22.8. The van der Waals surface area contributed by atoms with Crippen LogP contribution in [0.15, 0.2) is 158 Å². The average Bonchev–Trinajstić information content (AvgIpc) is 3.07. The number of hydrogen-bond acceptors (Lipinski definition) is 2. The molecule has 0 unspecified atom stereocenters. The summed E-state index contributed by atoms with van der Waals surface area (Å²) < 4.78 is 15.3. The number of benzene rings is 7. The van der Waals surface area contributed by atoms with Gasteiger partial charge in [-0.1, -0.05) is 140 Å². The Bertz CT molecular complexity index is 2190. The smallest absolute Gasteiger partial charge is 0.171 e. The summed E-state index contributed by atoms with van der Waals surface area (Å²) in [7, 11) is -3.16. The Morgan fingerprint density at radius 2 is 0.905 bits per heavy atom. The molecule has 1 aromatic heterocycles. The summed E-state index contributed by atoms with van der Waals surface area (Å²) in [6, 6.07) is 53.7. The van der Waals surface area contributed by atoms with Crippen molar-refractivity contribution in [1.29, 1.82) is 0 Å². The summed E-state index contributed by atoms with van der Waals surface area (Å²) in [5.74, 6) is 0. The van der Waals surface area contributed by atoms with Crippen LogP contribution in [-0.2, 0) is 4.57 Å². The molecular weight excluding hydrogens is 529 g/mol. The van der Waals surface area contributed by atoms with Crippen molar-refractivity contribution in [1.82, 2.24) is 4.98 Å². The van der Waals surface area contributed by atoms with Gasteiger partial charge in [-0.15, -0.1) is 0 Å². The number of fused-ring (bicyclic) bond motifs is 6. The fourth-order valence-corrected chi connectivity index (χ4v) is 9.05. The molecule has 42 heavy (non-hydrogen) atoms. The third kappa shape index (κ3) is 3.80. The van der Waals surface area contributed by atoms with Crippen LogP contribution in [0.1, 0.15) is 0 Å². The predicted octanol–water partition coefficient (Wildman–Crippen LogP) is 9.00.